The Bertz CT molecular complexity index is 3490. The summed E-state index contributed by atoms with van der Waals surface area (Å²) in [6.45, 7) is 17.8. The molecule has 2 saturated carbocycles. The summed E-state index contributed by atoms with van der Waals surface area (Å²) in [5.41, 5.74) is 0.720. The first-order valence-corrected chi connectivity index (χ1v) is 38.0. The third kappa shape index (κ3) is 17.9. The highest BCUT2D eigenvalue weighted by molar-refractivity contribution is 6.39. The number of fused-ring (bicyclic) bond motifs is 6. The number of aliphatic hydroxyl groups is 2. The molecule has 1 aromatic rings. The highest BCUT2D eigenvalue weighted by atomic mass is 16.6. The molecule has 0 radical (unpaired) electrons. The summed E-state index contributed by atoms with van der Waals surface area (Å²) >= 11 is 0. The first-order valence-electron chi connectivity index (χ1n) is 38.0. The van der Waals surface area contributed by atoms with Gasteiger partial charge in [0.05, 0.1) is 30.3 Å². The minimum absolute atomic E-state index is 0.00337. The Labute approximate surface area is 612 Å². The third-order valence-electron chi connectivity index (χ3n) is 24.0. The molecule has 4 fully saturated rings. The molecular formula is C81H113NO22. The van der Waals surface area contributed by atoms with Gasteiger partial charge in [-0.2, -0.15) is 0 Å². The highest BCUT2D eigenvalue weighted by Gasteiger charge is 2.65. The molecule has 0 spiro atoms. The van der Waals surface area contributed by atoms with Crippen molar-refractivity contribution >= 4 is 58.9 Å². The van der Waals surface area contributed by atoms with Crippen LogP contribution in [0.4, 0.5) is 0 Å². The Morgan fingerprint density at radius 3 is 2.13 bits per heavy atom. The molecule has 2 N–H and O–H groups in total. The van der Waals surface area contributed by atoms with E-state index in [1.807, 2.05) is 65.0 Å². The molecule has 23 nitrogen and oxygen atoms in total. The zero-order chi connectivity index (χ0) is 75.7. The Morgan fingerprint density at radius 2 is 1.46 bits per heavy atom. The van der Waals surface area contributed by atoms with Gasteiger partial charge in [0.1, 0.15) is 48.1 Å². The fraction of sp³-hybridized carbons (Fsp3) is 0.704. The second kappa shape index (κ2) is 35.3. The number of allylic oxidation sites excluding steroid dienone is 7. The Morgan fingerprint density at radius 1 is 0.760 bits per heavy atom. The van der Waals surface area contributed by atoms with Crippen LogP contribution in [0.15, 0.2) is 69.4 Å². The number of esters is 5. The van der Waals surface area contributed by atoms with Crippen molar-refractivity contribution in [1.29, 1.82) is 0 Å². The van der Waals surface area contributed by atoms with Crippen LogP contribution in [0, 0.1) is 46.8 Å². The van der Waals surface area contributed by atoms with E-state index in [0.717, 1.165) is 18.4 Å². The van der Waals surface area contributed by atoms with Crippen molar-refractivity contribution < 1.29 is 105 Å². The summed E-state index contributed by atoms with van der Waals surface area (Å²) in [5, 5.41) is 22.5. The largest absolute Gasteiger partial charge is 0.462 e. The van der Waals surface area contributed by atoms with Crippen molar-refractivity contribution in [3.8, 4) is 0 Å². The van der Waals surface area contributed by atoms with Gasteiger partial charge < -0.3 is 62.2 Å². The van der Waals surface area contributed by atoms with Gasteiger partial charge in [-0.3, -0.25) is 38.4 Å². The Balaban J connectivity index is 0.892. The number of hydrogen-bond acceptors (Lipinski definition) is 22. The van der Waals surface area contributed by atoms with Crippen LogP contribution in [0.25, 0.3) is 0 Å². The number of amides is 1. The molecule has 1 amide bonds. The van der Waals surface area contributed by atoms with E-state index in [1.165, 1.54) is 32.3 Å². The van der Waals surface area contributed by atoms with E-state index in [1.54, 1.807) is 40.9 Å². The topological polar surface area (TPSA) is 311 Å². The maximum atomic E-state index is 14.8. The van der Waals surface area contributed by atoms with Gasteiger partial charge in [-0.25, -0.2) is 9.59 Å². The van der Waals surface area contributed by atoms with E-state index in [0.29, 0.717) is 112 Å². The standard InChI is InChI=1S/C81H113NO22/c1-45-23-17-16-18-24-46(2)60(96-12)40-55-33-28-51(7)81(94,104-55)75(90)76(91)82-36-22-21-25-58(82)78(93)100-61(48(4)39-53-29-31-54(84)32-30-53)41-59(85)47(3)38-50(6)72(74(97-13)70(88)49(5)37-45)103-66(87)27-20-15-14-19-26-65(86)101-63-35-34-57-67-69(62(99-52(8)83)42-79(57,63)9)80(10)64(44-95-11)102-77(92)56-43-98-73(68(56)80)71(67)89/h16-18,23-24,38,43,45,47-49,51,53-55,57-58,60-64,72,74,84,94H,14-15,19-22,25-37,39-42,44H2,1-13H3/b18-16+,23-17+,46-24+,50-38+/t45-,47-,48-,49-,51-,53?,54?,55+,57+,58+,60+,61+,62-,63+,64-,72-,74+,79+,80+,81-/m1/s1. The number of Topliss-reactive ketones (excluding diaryl/α,β-unsaturated/α-hetero) is 4. The van der Waals surface area contributed by atoms with Crippen molar-refractivity contribution in [2.45, 2.75) is 283 Å². The zero-order valence-electron chi connectivity index (χ0n) is 63.3. The quantitative estimate of drug-likeness (QED) is 0.0481. The normalized spacial score (nSPS) is 36.9. The minimum atomic E-state index is -2.48. The molecule has 9 rings (SSSR count). The number of aliphatic hydroxyl groups excluding tert-OH is 1. The minimum Gasteiger partial charge on any atom is -0.462 e. The van der Waals surface area contributed by atoms with Crippen LogP contribution in [0.2, 0.25) is 0 Å². The number of rotatable bonds is 17. The molecule has 0 aromatic carbocycles. The van der Waals surface area contributed by atoms with Gasteiger partial charge in [0, 0.05) is 94.8 Å². The van der Waals surface area contributed by atoms with Crippen LogP contribution in [0.3, 0.4) is 0 Å². The van der Waals surface area contributed by atoms with Crippen LogP contribution in [-0.4, -0.2) is 175 Å². The molecule has 2 saturated heterocycles. The number of ether oxygens (including phenoxy) is 9. The summed E-state index contributed by atoms with van der Waals surface area (Å²) in [5.74, 6) is -11.7. The van der Waals surface area contributed by atoms with Crippen LogP contribution >= 0.6 is 0 Å². The number of carbonyl (C=O) groups is 10. The maximum absolute atomic E-state index is 14.8. The average Bonchev–Trinajstić information content (AvgIpc) is 1.37. The molecule has 18 atom stereocenters. The summed E-state index contributed by atoms with van der Waals surface area (Å²) in [6, 6.07) is -1.20. The Kier molecular flexibility index (Phi) is 27.6. The van der Waals surface area contributed by atoms with E-state index >= 15 is 0 Å². The van der Waals surface area contributed by atoms with Gasteiger partial charge in [0.2, 0.25) is 11.6 Å². The van der Waals surface area contributed by atoms with Gasteiger partial charge in [-0.05, 0) is 164 Å². The van der Waals surface area contributed by atoms with Gasteiger partial charge in [0.25, 0.3) is 11.7 Å². The lowest BCUT2D eigenvalue weighted by Crippen LogP contribution is -2.61. The summed E-state index contributed by atoms with van der Waals surface area (Å²) in [4.78, 5) is 143. The van der Waals surface area contributed by atoms with Gasteiger partial charge in [-0.1, -0.05) is 90.8 Å². The number of nitrogens with zero attached hydrogens (tertiary/aromatic N) is 1. The second-order valence-electron chi connectivity index (χ2n) is 31.6. The number of ketones is 4. The number of carbonyl (C=O) groups excluding carboxylic acids is 10. The highest BCUT2D eigenvalue weighted by Crippen LogP contribution is 2.63. The molecule has 4 aliphatic heterocycles. The monoisotopic (exact) mass is 1450 g/mol. The number of methoxy groups -OCH3 is 3. The number of hydrogen-bond donors (Lipinski definition) is 2. The van der Waals surface area contributed by atoms with E-state index in [9.17, 15) is 58.2 Å². The number of piperidine rings is 1. The van der Waals surface area contributed by atoms with E-state index < -0.39 is 149 Å². The second-order valence-corrected chi connectivity index (χ2v) is 31.6. The molecule has 1 aromatic heterocycles. The van der Waals surface area contributed by atoms with Crippen LogP contribution in [0.5, 0.6) is 0 Å². The van der Waals surface area contributed by atoms with Crippen LogP contribution in [0.1, 0.15) is 237 Å². The van der Waals surface area contributed by atoms with Crippen molar-refractivity contribution in [2.75, 3.05) is 34.5 Å². The molecule has 8 aliphatic rings. The fourth-order valence-corrected chi connectivity index (χ4v) is 17.9. The average molecular weight is 1450 g/mol. The first kappa shape index (κ1) is 81.3. The van der Waals surface area contributed by atoms with Gasteiger partial charge >= 0.3 is 29.8 Å². The SMILES string of the molecule is COC[C@H]1OC(=O)c2coc3c2[C@@]1(C)C1=C(C3=O)[C@@H]2CC[C@H](OC(=O)CCCCCCC(=O)O[C@@H]3/C(C)=C/[C@@H](C)C(=O)C[C@@H]([C@H](C)CC4CCC(O)CC4)OC(=O)[C@@H]4CCCCN4C(=O)C(=O)[C@]4(O)O[C@@H](CC[C@H]4C)C[C@H](OC)/C(C)=C/C=C/C=C/[C@@H](C)C[C@@H](C)C(=O)[C@@H]3OC)[C@@]2(C)C[C@H]1OC(C)=O. The van der Waals surface area contributed by atoms with Crippen molar-refractivity contribution in [3.63, 3.8) is 0 Å². The summed E-state index contributed by atoms with van der Waals surface area (Å²) in [7, 11) is 4.42. The molecule has 104 heavy (non-hydrogen) atoms. The van der Waals surface area contributed by atoms with Crippen molar-refractivity contribution in [1.82, 2.24) is 4.90 Å². The van der Waals surface area contributed by atoms with E-state index in [-0.39, 0.29) is 92.3 Å². The molecule has 0 unspecified atom stereocenters. The molecule has 5 heterocycles. The smallest absolute Gasteiger partial charge is 0.342 e. The lowest BCUT2D eigenvalue weighted by molar-refractivity contribution is -0.265. The zero-order valence-corrected chi connectivity index (χ0v) is 63.3. The van der Waals surface area contributed by atoms with Crippen molar-refractivity contribution in [2.24, 2.45) is 46.8 Å². The summed E-state index contributed by atoms with van der Waals surface area (Å²) < 4.78 is 60.4. The molecular weight excluding hydrogens is 1340 g/mol. The fourth-order valence-electron chi connectivity index (χ4n) is 17.9. The summed E-state index contributed by atoms with van der Waals surface area (Å²) in [6.07, 6.45) is 13.7. The van der Waals surface area contributed by atoms with Gasteiger partial charge in [0.15, 0.2) is 23.8 Å². The molecule has 4 aliphatic carbocycles. The number of cyclic esters (lactones) is 2. The third-order valence-corrected chi connectivity index (χ3v) is 24.0. The number of furan rings is 1. The van der Waals surface area contributed by atoms with Crippen molar-refractivity contribution in [3.05, 3.63) is 81.9 Å². The van der Waals surface area contributed by atoms with E-state index in [2.05, 4.69) is 0 Å². The predicted molar refractivity (Wildman–Crippen MR) is 380 cm³/mol. The lowest BCUT2D eigenvalue weighted by Gasteiger charge is -2.52. The predicted octanol–water partition coefficient (Wildman–Crippen LogP) is 11.3. The first-order chi connectivity index (χ1) is 49.4. The Hall–Kier alpha value is -6.76. The lowest BCUT2D eigenvalue weighted by atomic mass is 9.54. The number of unbranched alkanes of at least 4 members (excludes halogenated alkanes) is 3. The van der Waals surface area contributed by atoms with Crippen LogP contribution in [-0.2, 0) is 86.4 Å². The van der Waals surface area contributed by atoms with Crippen LogP contribution < -0.4 is 0 Å². The van der Waals surface area contributed by atoms with Gasteiger partial charge in [-0.15, -0.1) is 0 Å². The molecule has 23 heteroatoms. The molecule has 574 valence electrons. The van der Waals surface area contributed by atoms with E-state index in [4.69, 9.17) is 47.0 Å². The maximum Gasteiger partial charge on any atom is 0.342 e. The molecule has 2 bridgehead atoms.